The number of rotatable bonds is 6. The SMILES string of the molecule is COc1ccc(-c2n[nH]c(CNC(=O)CN3C(=O)NC4(CCc5ccccc54)C3=O)n2)cc1. The second-order valence-electron chi connectivity index (χ2n) is 7.99. The van der Waals surface area contributed by atoms with Gasteiger partial charge in [-0.15, -0.1) is 0 Å². The average Bonchev–Trinajstić information content (AvgIpc) is 3.52. The molecule has 10 heteroatoms. The molecule has 2 aliphatic rings. The summed E-state index contributed by atoms with van der Waals surface area (Å²) >= 11 is 0. The Kier molecular flexibility index (Phi) is 5.04. The molecule has 1 spiro atoms. The number of aromatic nitrogens is 3. The number of hydrogen-bond donors (Lipinski definition) is 3. The fourth-order valence-electron chi connectivity index (χ4n) is 4.36. The molecule has 33 heavy (non-hydrogen) atoms. The smallest absolute Gasteiger partial charge is 0.325 e. The maximum absolute atomic E-state index is 13.1. The summed E-state index contributed by atoms with van der Waals surface area (Å²) in [7, 11) is 1.59. The minimum absolute atomic E-state index is 0.0830. The Balaban J connectivity index is 1.21. The standard InChI is InChI=1S/C23H22N6O4/c1-33-16-8-6-15(7-9-16)20-25-18(27-28-20)12-24-19(30)13-29-21(31)23(26-22(29)32)11-10-14-4-2-3-5-17(14)23/h2-9H,10-13H2,1H3,(H,24,30)(H,26,32)(H,25,27,28). The number of fused-ring (bicyclic) bond motifs is 2. The quantitative estimate of drug-likeness (QED) is 0.492. The molecular weight excluding hydrogens is 424 g/mol. The summed E-state index contributed by atoms with van der Waals surface area (Å²) in [5.41, 5.74) is 1.56. The molecule has 1 aromatic heterocycles. The van der Waals surface area contributed by atoms with E-state index in [-0.39, 0.29) is 13.1 Å². The van der Waals surface area contributed by atoms with E-state index >= 15 is 0 Å². The Morgan fingerprint density at radius 3 is 2.76 bits per heavy atom. The number of aryl methyl sites for hydroxylation is 1. The van der Waals surface area contributed by atoms with Gasteiger partial charge in [0.05, 0.1) is 13.7 Å². The molecule has 1 aliphatic heterocycles. The monoisotopic (exact) mass is 446 g/mol. The Labute approximate surface area is 189 Å². The number of methoxy groups -OCH3 is 1. The van der Waals surface area contributed by atoms with Crippen molar-refractivity contribution in [2.75, 3.05) is 13.7 Å². The predicted octanol–water partition coefficient (Wildman–Crippen LogP) is 1.49. The summed E-state index contributed by atoms with van der Waals surface area (Å²) in [5.74, 6) is 0.800. The molecule has 1 atom stereocenters. The van der Waals surface area contributed by atoms with Gasteiger partial charge >= 0.3 is 6.03 Å². The Morgan fingerprint density at radius 2 is 1.97 bits per heavy atom. The van der Waals surface area contributed by atoms with Crippen LogP contribution in [0.3, 0.4) is 0 Å². The van der Waals surface area contributed by atoms with Gasteiger partial charge in [0.15, 0.2) is 5.82 Å². The molecule has 2 aromatic carbocycles. The van der Waals surface area contributed by atoms with Crippen LogP contribution in [-0.4, -0.2) is 51.6 Å². The molecule has 0 saturated carbocycles. The summed E-state index contributed by atoms with van der Waals surface area (Å²) in [5, 5.41) is 12.4. The molecule has 1 unspecified atom stereocenters. The van der Waals surface area contributed by atoms with E-state index in [9.17, 15) is 14.4 Å². The highest BCUT2D eigenvalue weighted by Crippen LogP contribution is 2.41. The van der Waals surface area contributed by atoms with Gasteiger partial charge in [0.25, 0.3) is 5.91 Å². The maximum atomic E-state index is 13.1. The van der Waals surface area contributed by atoms with Crippen molar-refractivity contribution < 1.29 is 19.1 Å². The van der Waals surface area contributed by atoms with Crippen LogP contribution in [-0.2, 0) is 28.1 Å². The first-order valence-electron chi connectivity index (χ1n) is 10.5. The summed E-state index contributed by atoms with van der Waals surface area (Å²) in [6, 6.07) is 14.3. The Bertz CT molecular complexity index is 1240. The molecule has 1 fully saturated rings. The highest BCUT2D eigenvalue weighted by molar-refractivity contribution is 6.09. The molecular formula is C23H22N6O4. The van der Waals surface area contributed by atoms with Crippen LogP contribution in [0.15, 0.2) is 48.5 Å². The zero-order chi connectivity index (χ0) is 23.0. The van der Waals surface area contributed by atoms with E-state index in [1.807, 2.05) is 36.4 Å². The Hall–Kier alpha value is -4.21. The minimum Gasteiger partial charge on any atom is -0.497 e. The minimum atomic E-state index is -1.08. The van der Waals surface area contributed by atoms with Crippen molar-refractivity contribution in [3.05, 3.63) is 65.5 Å². The molecule has 3 N–H and O–H groups in total. The van der Waals surface area contributed by atoms with E-state index in [0.717, 1.165) is 27.3 Å². The first-order valence-corrected chi connectivity index (χ1v) is 10.5. The van der Waals surface area contributed by atoms with E-state index in [0.29, 0.717) is 24.5 Å². The number of urea groups is 1. The highest BCUT2D eigenvalue weighted by Gasteiger charge is 2.55. The lowest BCUT2D eigenvalue weighted by Gasteiger charge is -2.22. The van der Waals surface area contributed by atoms with Crippen LogP contribution in [0, 0.1) is 0 Å². The van der Waals surface area contributed by atoms with Crippen molar-refractivity contribution in [1.29, 1.82) is 0 Å². The van der Waals surface area contributed by atoms with Gasteiger partial charge in [0.1, 0.15) is 23.7 Å². The van der Waals surface area contributed by atoms with Crippen molar-refractivity contribution in [2.45, 2.75) is 24.9 Å². The fourth-order valence-corrected chi connectivity index (χ4v) is 4.36. The van der Waals surface area contributed by atoms with Crippen LogP contribution in [0.4, 0.5) is 4.79 Å². The number of benzene rings is 2. The first kappa shape index (κ1) is 20.7. The molecule has 10 nitrogen and oxygen atoms in total. The Morgan fingerprint density at radius 1 is 1.18 bits per heavy atom. The van der Waals surface area contributed by atoms with Gasteiger partial charge in [-0.2, -0.15) is 5.10 Å². The van der Waals surface area contributed by atoms with E-state index in [4.69, 9.17) is 4.74 Å². The lowest BCUT2D eigenvalue weighted by atomic mass is 9.92. The second kappa shape index (κ2) is 8.05. The third-order valence-corrected chi connectivity index (χ3v) is 6.06. The highest BCUT2D eigenvalue weighted by atomic mass is 16.5. The van der Waals surface area contributed by atoms with Crippen molar-refractivity contribution in [3.8, 4) is 17.1 Å². The van der Waals surface area contributed by atoms with E-state index in [2.05, 4.69) is 25.8 Å². The molecule has 0 radical (unpaired) electrons. The van der Waals surface area contributed by atoms with Crippen molar-refractivity contribution >= 4 is 17.8 Å². The number of imide groups is 1. The van der Waals surface area contributed by atoms with Gasteiger partial charge in [-0.1, -0.05) is 24.3 Å². The zero-order valence-electron chi connectivity index (χ0n) is 17.9. The lowest BCUT2D eigenvalue weighted by molar-refractivity contribution is -0.135. The number of nitrogens with zero attached hydrogens (tertiary/aromatic N) is 3. The third-order valence-electron chi connectivity index (χ3n) is 6.06. The summed E-state index contributed by atoms with van der Waals surface area (Å²) < 4.78 is 5.14. The average molecular weight is 446 g/mol. The number of ether oxygens (including phenoxy) is 1. The molecule has 5 rings (SSSR count). The number of aromatic amines is 1. The molecule has 2 heterocycles. The van der Waals surface area contributed by atoms with Crippen LogP contribution in [0.25, 0.3) is 11.4 Å². The van der Waals surface area contributed by atoms with Gasteiger partial charge in [0.2, 0.25) is 5.91 Å². The van der Waals surface area contributed by atoms with Gasteiger partial charge < -0.3 is 15.4 Å². The number of H-pyrrole nitrogens is 1. The molecule has 0 bridgehead atoms. The number of amides is 4. The number of carbonyl (C=O) groups excluding carboxylic acids is 3. The van der Waals surface area contributed by atoms with Gasteiger partial charge in [0, 0.05) is 5.56 Å². The molecule has 1 aliphatic carbocycles. The van der Waals surface area contributed by atoms with Crippen molar-refractivity contribution in [3.63, 3.8) is 0 Å². The van der Waals surface area contributed by atoms with Gasteiger partial charge in [-0.05, 0) is 48.2 Å². The topological polar surface area (TPSA) is 129 Å². The maximum Gasteiger partial charge on any atom is 0.325 e. The van der Waals surface area contributed by atoms with Crippen LogP contribution in [0.1, 0.15) is 23.4 Å². The summed E-state index contributed by atoms with van der Waals surface area (Å²) in [6.45, 7) is -0.284. The molecule has 168 valence electrons. The summed E-state index contributed by atoms with van der Waals surface area (Å²) in [4.78, 5) is 43.5. The van der Waals surface area contributed by atoms with Crippen LogP contribution >= 0.6 is 0 Å². The van der Waals surface area contributed by atoms with Crippen molar-refractivity contribution in [1.82, 2.24) is 30.7 Å². The van der Waals surface area contributed by atoms with E-state index < -0.39 is 23.4 Å². The number of nitrogens with one attached hydrogen (secondary N) is 3. The van der Waals surface area contributed by atoms with Gasteiger partial charge in [-0.25, -0.2) is 9.78 Å². The fraction of sp³-hybridized carbons (Fsp3) is 0.261. The van der Waals surface area contributed by atoms with Crippen molar-refractivity contribution in [2.24, 2.45) is 0 Å². The summed E-state index contributed by atoms with van der Waals surface area (Å²) in [6.07, 6.45) is 1.19. The van der Waals surface area contributed by atoms with Gasteiger partial charge in [-0.3, -0.25) is 19.6 Å². The third kappa shape index (κ3) is 3.59. The number of hydrogen-bond acceptors (Lipinski definition) is 6. The van der Waals surface area contributed by atoms with E-state index in [1.165, 1.54) is 0 Å². The molecule has 4 amide bonds. The zero-order valence-corrected chi connectivity index (χ0v) is 17.9. The second-order valence-corrected chi connectivity index (χ2v) is 7.99. The lowest BCUT2D eigenvalue weighted by Crippen LogP contribution is -2.43. The largest absolute Gasteiger partial charge is 0.497 e. The normalized spacial score (nSPS) is 19.0. The van der Waals surface area contributed by atoms with Crippen LogP contribution in [0.5, 0.6) is 5.75 Å². The van der Waals surface area contributed by atoms with E-state index in [1.54, 1.807) is 19.2 Å². The number of carbonyl (C=O) groups is 3. The van der Waals surface area contributed by atoms with Crippen LogP contribution < -0.4 is 15.4 Å². The predicted molar refractivity (Wildman–Crippen MR) is 117 cm³/mol. The molecule has 3 aromatic rings. The first-order chi connectivity index (χ1) is 16.0. The van der Waals surface area contributed by atoms with Crippen LogP contribution in [0.2, 0.25) is 0 Å². The molecule has 1 saturated heterocycles.